The van der Waals surface area contributed by atoms with Crippen molar-refractivity contribution in [2.24, 2.45) is 0 Å². The molecule has 8 heteroatoms. The number of aliphatic hydroxyl groups excluding tert-OH is 1. The minimum absolute atomic E-state index is 0.0506. The molecular weight excluding hydrogens is 321 g/mol. The molecule has 0 saturated carbocycles. The molecule has 2 heterocycles. The summed E-state index contributed by atoms with van der Waals surface area (Å²) in [5.41, 5.74) is 1.59. The molecule has 24 heavy (non-hydrogen) atoms. The fourth-order valence-electron chi connectivity index (χ4n) is 2.52. The van der Waals surface area contributed by atoms with Gasteiger partial charge >= 0.3 is 0 Å². The Kier molecular flexibility index (Phi) is 4.39. The zero-order valence-corrected chi connectivity index (χ0v) is 12.8. The first-order valence-electron chi connectivity index (χ1n) is 7.38. The summed E-state index contributed by atoms with van der Waals surface area (Å²) < 4.78 is 39.5. The lowest BCUT2D eigenvalue weighted by atomic mass is 10.1. The van der Waals surface area contributed by atoms with Crippen LogP contribution in [0.1, 0.15) is 24.2 Å². The van der Waals surface area contributed by atoms with E-state index in [-0.39, 0.29) is 12.1 Å². The van der Waals surface area contributed by atoms with Crippen LogP contribution >= 0.6 is 0 Å². The van der Waals surface area contributed by atoms with Crippen molar-refractivity contribution >= 4 is 16.9 Å². The third kappa shape index (κ3) is 2.92. The van der Waals surface area contributed by atoms with E-state index in [1.54, 1.807) is 0 Å². The topological polar surface area (TPSA) is 73.8 Å². The molecule has 2 aromatic heterocycles. The Labute approximate surface area is 135 Å². The van der Waals surface area contributed by atoms with Crippen LogP contribution in [0.5, 0.6) is 0 Å². The van der Waals surface area contributed by atoms with Gasteiger partial charge in [-0.25, -0.2) is 23.1 Å². The highest BCUT2D eigenvalue weighted by Crippen LogP contribution is 2.25. The second kappa shape index (κ2) is 6.48. The zero-order chi connectivity index (χ0) is 17.3. The van der Waals surface area contributed by atoms with Crippen LogP contribution in [0, 0.1) is 17.5 Å². The number of H-pyrrole nitrogens is 1. The number of hydrogen-bond acceptors (Lipinski definition) is 4. The molecule has 0 aliphatic carbocycles. The van der Waals surface area contributed by atoms with Crippen molar-refractivity contribution in [3.63, 3.8) is 0 Å². The van der Waals surface area contributed by atoms with E-state index < -0.39 is 23.6 Å². The lowest BCUT2D eigenvalue weighted by molar-refractivity contribution is 0.190. The highest BCUT2D eigenvalue weighted by atomic mass is 19.2. The summed E-state index contributed by atoms with van der Waals surface area (Å²) in [4.78, 5) is 11.3. The van der Waals surface area contributed by atoms with Gasteiger partial charge in [-0.05, 0) is 29.7 Å². The van der Waals surface area contributed by atoms with Crippen LogP contribution < -0.4 is 5.32 Å². The van der Waals surface area contributed by atoms with Crippen molar-refractivity contribution in [3.8, 4) is 0 Å². The maximum atomic E-state index is 13.3. The Bertz CT molecular complexity index is 858. The molecule has 0 radical (unpaired) electrons. The molecule has 1 atom stereocenters. The van der Waals surface area contributed by atoms with E-state index in [2.05, 4.69) is 20.3 Å². The Morgan fingerprint density at radius 1 is 1.21 bits per heavy atom. The monoisotopic (exact) mass is 336 g/mol. The van der Waals surface area contributed by atoms with Crippen molar-refractivity contribution in [1.82, 2.24) is 15.0 Å². The molecule has 126 valence electrons. The molecule has 1 unspecified atom stereocenters. The van der Waals surface area contributed by atoms with Crippen LogP contribution in [0.15, 0.2) is 24.7 Å². The van der Waals surface area contributed by atoms with Crippen LogP contribution in [0.25, 0.3) is 11.0 Å². The first kappa shape index (κ1) is 16.3. The van der Waals surface area contributed by atoms with Crippen molar-refractivity contribution in [1.29, 1.82) is 0 Å². The summed E-state index contributed by atoms with van der Waals surface area (Å²) >= 11 is 0. The molecule has 3 rings (SSSR count). The van der Waals surface area contributed by atoms with Crippen molar-refractivity contribution < 1.29 is 18.3 Å². The van der Waals surface area contributed by atoms with Gasteiger partial charge in [0.25, 0.3) is 0 Å². The number of aryl methyl sites for hydroxylation is 1. The predicted molar refractivity (Wildman–Crippen MR) is 83.0 cm³/mol. The van der Waals surface area contributed by atoms with Gasteiger partial charge in [0, 0.05) is 12.7 Å². The summed E-state index contributed by atoms with van der Waals surface area (Å²) in [5.74, 6) is -3.74. The van der Waals surface area contributed by atoms with E-state index in [1.165, 1.54) is 6.33 Å². The number of benzene rings is 1. The average Bonchev–Trinajstić information content (AvgIpc) is 3.00. The quantitative estimate of drug-likeness (QED) is 0.626. The maximum Gasteiger partial charge on any atom is 0.194 e. The number of hydrogen-bond donors (Lipinski definition) is 3. The van der Waals surface area contributed by atoms with E-state index in [1.807, 2.05) is 13.1 Å². The second-order valence-electron chi connectivity index (χ2n) is 5.31. The SMILES string of the molecule is CCc1c[nH]c2ncnc(NCC(O)c3cc(F)c(F)c(F)c3)c12. The molecule has 1 aromatic carbocycles. The molecule has 0 fully saturated rings. The average molecular weight is 336 g/mol. The standard InChI is InChI=1S/C16H15F3N4O/c1-2-8-5-20-15-13(8)16(23-7-22-15)21-6-12(24)9-3-10(17)14(19)11(18)4-9/h3-5,7,12,24H,2,6H2,1H3,(H2,20,21,22,23). The number of aliphatic hydroxyl groups is 1. The highest BCUT2D eigenvalue weighted by molar-refractivity contribution is 5.90. The Morgan fingerprint density at radius 2 is 1.92 bits per heavy atom. The van der Waals surface area contributed by atoms with Gasteiger partial charge in [0.2, 0.25) is 0 Å². The maximum absolute atomic E-state index is 13.3. The van der Waals surface area contributed by atoms with Gasteiger partial charge < -0.3 is 15.4 Å². The summed E-state index contributed by atoms with van der Waals surface area (Å²) in [6.45, 7) is 1.93. The van der Waals surface area contributed by atoms with Crippen LogP contribution in [0.3, 0.4) is 0 Å². The van der Waals surface area contributed by atoms with Crippen molar-refractivity contribution in [3.05, 3.63) is 53.2 Å². The molecule has 0 amide bonds. The number of nitrogens with one attached hydrogen (secondary N) is 2. The molecule has 0 bridgehead atoms. The minimum atomic E-state index is -1.56. The Balaban J connectivity index is 1.82. The normalized spacial score (nSPS) is 12.5. The lowest BCUT2D eigenvalue weighted by Crippen LogP contribution is -2.14. The predicted octanol–water partition coefficient (Wildman–Crippen LogP) is 3.08. The number of anilines is 1. The molecular formula is C16H15F3N4O. The number of aromatic amines is 1. The molecule has 3 aromatic rings. The van der Waals surface area contributed by atoms with E-state index in [0.29, 0.717) is 11.5 Å². The van der Waals surface area contributed by atoms with E-state index >= 15 is 0 Å². The van der Waals surface area contributed by atoms with E-state index in [9.17, 15) is 18.3 Å². The van der Waals surface area contributed by atoms with Gasteiger partial charge in [-0.1, -0.05) is 6.92 Å². The van der Waals surface area contributed by atoms with Crippen LogP contribution in [-0.4, -0.2) is 26.6 Å². The van der Waals surface area contributed by atoms with E-state index in [4.69, 9.17) is 0 Å². The highest BCUT2D eigenvalue weighted by Gasteiger charge is 2.17. The summed E-state index contributed by atoms with van der Waals surface area (Å²) in [7, 11) is 0. The van der Waals surface area contributed by atoms with Crippen molar-refractivity contribution in [2.45, 2.75) is 19.4 Å². The number of nitrogens with zero attached hydrogens (tertiary/aromatic N) is 2. The van der Waals surface area contributed by atoms with Gasteiger partial charge in [0.1, 0.15) is 17.8 Å². The molecule has 3 N–H and O–H groups in total. The number of halogens is 3. The number of rotatable bonds is 5. The molecule has 5 nitrogen and oxygen atoms in total. The Hall–Kier alpha value is -2.61. The number of fused-ring (bicyclic) bond motifs is 1. The van der Waals surface area contributed by atoms with Gasteiger partial charge in [-0.3, -0.25) is 0 Å². The largest absolute Gasteiger partial charge is 0.387 e. The molecule has 0 saturated heterocycles. The fraction of sp³-hybridized carbons (Fsp3) is 0.250. The van der Waals surface area contributed by atoms with Gasteiger partial charge in [0.05, 0.1) is 11.5 Å². The van der Waals surface area contributed by atoms with Crippen LogP contribution in [0.2, 0.25) is 0 Å². The molecule has 0 spiro atoms. The fourth-order valence-corrected chi connectivity index (χ4v) is 2.52. The first-order chi connectivity index (χ1) is 11.5. The lowest BCUT2D eigenvalue weighted by Gasteiger charge is -2.14. The van der Waals surface area contributed by atoms with Crippen molar-refractivity contribution in [2.75, 3.05) is 11.9 Å². The van der Waals surface area contributed by atoms with Crippen LogP contribution in [0.4, 0.5) is 19.0 Å². The molecule has 0 aliphatic rings. The molecule has 0 aliphatic heterocycles. The summed E-state index contributed by atoms with van der Waals surface area (Å²) in [5, 5.41) is 13.8. The van der Waals surface area contributed by atoms with Gasteiger partial charge in [0.15, 0.2) is 17.5 Å². The van der Waals surface area contributed by atoms with Gasteiger partial charge in [-0.15, -0.1) is 0 Å². The van der Waals surface area contributed by atoms with E-state index in [0.717, 1.165) is 29.5 Å². The van der Waals surface area contributed by atoms with Gasteiger partial charge in [-0.2, -0.15) is 0 Å². The summed E-state index contributed by atoms with van der Waals surface area (Å²) in [6.07, 6.45) is 2.72. The third-order valence-corrected chi connectivity index (χ3v) is 3.79. The third-order valence-electron chi connectivity index (χ3n) is 3.79. The number of aromatic nitrogens is 3. The second-order valence-corrected chi connectivity index (χ2v) is 5.31. The Morgan fingerprint density at radius 3 is 2.58 bits per heavy atom. The first-order valence-corrected chi connectivity index (χ1v) is 7.38. The van der Waals surface area contributed by atoms with Crippen LogP contribution in [-0.2, 0) is 6.42 Å². The smallest absolute Gasteiger partial charge is 0.194 e. The zero-order valence-electron chi connectivity index (χ0n) is 12.8. The summed E-state index contributed by atoms with van der Waals surface area (Å²) in [6, 6.07) is 1.54. The minimum Gasteiger partial charge on any atom is -0.387 e.